The Labute approximate surface area is 138 Å². The summed E-state index contributed by atoms with van der Waals surface area (Å²) in [6.07, 6.45) is -0.0585. The number of rotatable bonds is 5. The van der Waals surface area contributed by atoms with Gasteiger partial charge in [-0.05, 0) is 12.1 Å². The first-order valence-corrected chi connectivity index (χ1v) is 7.62. The van der Waals surface area contributed by atoms with Gasteiger partial charge in [-0.25, -0.2) is 0 Å². The van der Waals surface area contributed by atoms with Gasteiger partial charge in [0.25, 0.3) is 11.8 Å². The van der Waals surface area contributed by atoms with Gasteiger partial charge < -0.3 is 20.3 Å². The molecule has 0 aromatic heterocycles. The highest BCUT2D eigenvalue weighted by atomic mass is 35.5. The van der Waals surface area contributed by atoms with E-state index < -0.39 is 12.0 Å². The lowest BCUT2D eigenvalue weighted by atomic mass is 10.1. The molecule has 0 radical (unpaired) electrons. The van der Waals surface area contributed by atoms with Gasteiger partial charge in [-0.3, -0.25) is 14.4 Å². The molecule has 3 N–H and O–H groups in total. The predicted molar refractivity (Wildman–Crippen MR) is 84.2 cm³/mol. The fraction of sp³-hybridized carbons (Fsp3) is 0.400. The fourth-order valence-corrected chi connectivity index (χ4v) is 2.67. The zero-order chi connectivity index (χ0) is 16.8. The Bertz CT molecular complexity index is 608. The molecule has 23 heavy (non-hydrogen) atoms. The number of ether oxygens (including phenoxy) is 1. The molecule has 0 spiro atoms. The highest BCUT2D eigenvalue weighted by Crippen LogP contribution is 2.19. The Hall–Kier alpha value is -2.12. The van der Waals surface area contributed by atoms with E-state index in [0.717, 1.165) is 4.90 Å². The standard InChI is InChI=1S/C15H18ClN3O4/c1-23-14(21)8-12-15(22)17-6-7-19(12)9-13(20)18-11-5-3-2-4-10(11)16/h2-5,12H,6-9H2,1H3,(H,17,22)(H,18,20)/p+1/t12-/m0/s1. The molecule has 2 rings (SSSR count). The number of carbonyl (C=O) groups is 3. The second kappa shape index (κ2) is 7.94. The summed E-state index contributed by atoms with van der Waals surface area (Å²) in [6.45, 7) is 1.09. The molecule has 1 aromatic rings. The van der Waals surface area contributed by atoms with Gasteiger partial charge >= 0.3 is 5.97 Å². The first-order valence-electron chi connectivity index (χ1n) is 7.24. The van der Waals surface area contributed by atoms with E-state index >= 15 is 0 Å². The van der Waals surface area contributed by atoms with Crippen LogP contribution in [0.1, 0.15) is 6.42 Å². The van der Waals surface area contributed by atoms with Crippen LogP contribution in [0.15, 0.2) is 24.3 Å². The molecule has 2 atom stereocenters. The van der Waals surface area contributed by atoms with E-state index in [1.54, 1.807) is 24.3 Å². The lowest BCUT2D eigenvalue weighted by Crippen LogP contribution is -3.20. The summed E-state index contributed by atoms with van der Waals surface area (Å²) in [4.78, 5) is 36.3. The number of para-hydroxylation sites is 1. The lowest BCUT2D eigenvalue weighted by molar-refractivity contribution is -0.909. The smallest absolute Gasteiger partial charge is 0.312 e. The van der Waals surface area contributed by atoms with E-state index in [1.165, 1.54) is 7.11 Å². The van der Waals surface area contributed by atoms with Crippen LogP contribution in [0, 0.1) is 0 Å². The molecule has 0 bridgehead atoms. The van der Waals surface area contributed by atoms with Crippen LogP contribution in [0.25, 0.3) is 0 Å². The molecule has 7 nitrogen and oxygen atoms in total. The van der Waals surface area contributed by atoms with Gasteiger partial charge in [-0.2, -0.15) is 0 Å². The summed E-state index contributed by atoms with van der Waals surface area (Å²) in [5.41, 5.74) is 0.518. The molecule has 1 fully saturated rings. The average Bonchev–Trinajstić information content (AvgIpc) is 2.52. The van der Waals surface area contributed by atoms with Crippen molar-refractivity contribution < 1.29 is 24.0 Å². The number of hydrogen-bond acceptors (Lipinski definition) is 4. The van der Waals surface area contributed by atoms with Crippen molar-refractivity contribution in [1.29, 1.82) is 0 Å². The van der Waals surface area contributed by atoms with Crippen LogP contribution in [-0.2, 0) is 19.1 Å². The third-order valence-corrected chi connectivity index (χ3v) is 4.02. The minimum absolute atomic E-state index is 0.0585. The first-order chi connectivity index (χ1) is 11.0. The quantitative estimate of drug-likeness (QED) is 0.614. The van der Waals surface area contributed by atoms with Crippen LogP contribution >= 0.6 is 11.6 Å². The van der Waals surface area contributed by atoms with Crippen molar-refractivity contribution in [3.05, 3.63) is 29.3 Å². The Morgan fingerprint density at radius 3 is 2.87 bits per heavy atom. The molecular weight excluding hydrogens is 322 g/mol. The van der Waals surface area contributed by atoms with Gasteiger partial charge in [-0.15, -0.1) is 0 Å². The summed E-state index contributed by atoms with van der Waals surface area (Å²) in [6, 6.07) is 6.28. The molecule has 124 valence electrons. The van der Waals surface area contributed by atoms with Crippen molar-refractivity contribution in [2.45, 2.75) is 12.5 Å². The van der Waals surface area contributed by atoms with Gasteiger partial charge in [-0.1, -0.05) is 23.7 Å². The van der Waals surface area contributed by atoms with E-state index in [2.05, 4.69) is 15.4 Å². The topological polar surface area (TPSA) is 88.9 Å². The molecule has 1 saturated heterocycles. The van der Waals surface area contributed by atoms with Crippen molar-refractivity contribution in [1.82, 2.24) is 5.32 Å². The Kier molecular flexibility index (Phi) is 5.95. The molecule has 1 aliphatic heterocycles. The molecular formula is C15H19ClN3O4+. The van der Waals surface area contributed by atoms with E-state index in [9.17, 15) is 14.4 Å². The van der Waals surface area contributed by atoms with Crippen molar-refractivity contribution in [2.75, 3.05) is 32.1 Å². The summed E-state index contributed by atoms with van der Waals surface area (Å²) < 4.78 is 4.62. The number of nitrogens with one attached hydrogen (secondary N) is 3. The predicted octanol–water partition coefficient (Wildman–Crippen LogP) is -0.775. The van der Waals surface area contributed by atoms with Crippen molar-refractivity contribution in [3.8, 4) is 0 Å². The van der Waals surface area contributed by atoms with Crippen LogP contribution in [0.2, 0.25) is 5.02 Å². The number of hydrogen-bond donors (Lipinski definition) is 3. The Morgan fingerprint density at radius 1 is 1.43 bits per heavy atom. The fourth-order valence-electron chi connectivity index (χ4n) is 2.49. The van der Waals surface area contributed by atoms with E-state index in [-0.39, 0.29) is 24.8 Å². The third kappa shape index (κ3) is 4.67. The molecule has 0 saturated carbocycles. The molecule has 8 heteroatoms. The van der Waals surface area contributed by atoms with Crippen LogP contribution in [0.4, 0.5) is 5.69 Å². The van der Waals surface area contributed by atoms with Crippen molar-refractivity contribution in [2.24, 2.45) is 0 Å². The SMILES string of the molecule is COC(=O)C[C@H]1C(=O)NCC[NH+]1CC(=O)Nc1ccccc1Cl. The van der Waals surface area contributed by atoms with Gasteiger partial charge in [0.15, 0.2) is 12.6 Å². The highest BCUT2D eigenvalue weighted by molar-refractivity contribution is 6.33. The normalized spacial score (nSPS) is 20.5. The number of amides is 2. The summed E-state index contributed by atoms with van der Waals surface area (Å²) >= 11 is 6.00. The Morgan fingerprint density at radius 2 is 2.17 bits per heavy atom. The summed E-state index contributed by atoms with van der Waals surface area (Å²) in [5, 5.41) is 5.87. The van der Waals surface area contributed by atoms with E-state index in [1.807, 2.05) is 0 Å². The number of quaternary nitrogens is 1. The van der Waals surface area contributed by atoms with E-state index in [0.29, 0.717) is 23.8 Å². The maximum Gasteiger partial charge on any atom is 0.312 e. The van der Waals surface area contributed by atoms with Gasteiger partial charge in [0, 0.05) is 0 Å². The molecule has 1 unspecified atom stereocenters. The number of benzene rings is 1. The Balaban J connectivity index is 2.01. The lowest BCUT2D eigenvalue weighted by Gasteiger charge is -2.30. The highest BCUT2D eigenvalue weighted by Gasteiger charge is 2.36. The minimum atomic E-state index is -0.631. The van der Waals surface area contributed by atoms with Crippen LogP contribution in [0.3, 0.4) is 0 Å². The van der Waals surface area contributed by atoms with E-state index in [4.69, 9.17) is 11.6 Å². The van der Waals surface area contributed by atoms with Crippen LogP contribution < -0.4 is 15.5 Å². The van der Waals surface area contributed by atoms with Gasteiger partial charge in [0.1, 0.15) is 6.42 Å². The molecule has 1 aliphatic rings. The zero-order valence-electron chi connectivity index (χ0n) is 12.7. The monoisotopic (exact) mass is 340 g/mol. The number of piperazine rings is 1. The van der Waals surface area contributed by atoms with Crippen LogP contribution in [-0.4, -0.2) is 50.6 Å². The first kappa shape index (κ1) is 17.2. The van der Waals surface area contributed by atoms with Crippen molar-refractivity contribution in [3.63, 3.8) is 0 Å². The summed E-state index contributed by atoms with van der Waals surface area (Å²) in [5.74, 6) is -0.990. The maximum atomic E-state index is 12.2. The number of methoxy groups -OCH3 is 1. The number of halogens is 1. The molecule has 0 aliphatic carbocycles. The zero-order valence-corrected chi connectivity index (χ0v) is 13.5. The van der Waals surface area contributed by atoms with Gasteiger partial charge in [0.2, 0.25) is 0 Å². The van der Waals surface area contributed by atoms with Gasteiger partial charge in [0.05, 0.1) is 30.9 Å². The molecule has 1 heterocycles. The van der Waals surface area contributed by atoms with Crippen LogP contribution in [0.5, 0.6) is 0 Å². The largest absolute Gasteiger partial charge is 0.469 e. The second-order valence-corrected chi connectivity index (χ2v) is 5.64. The number of anilines is 1. The molecule has 1 aromatic carbocycles. The molecule has 2 amide bonds. The average molecular weight is 341 g/mol. The number of carbonyl (C=O) groups excluding carboxylic acids is 3. The summed E-state index contributed by atoms with van der Waals surface area (Å²) in [7, 11) is 1.27. The second-order valence-electron chi connectivity index (χ2n) is 5.24. The number of esters is 1. The van der Waals surface area contributed by atoms with Crippen molar-refractivity contribution >= 4 is 35.1 Å². The third-order valence-electron chi connectivity index (χ3n) is 3.69. The maximum absolute atomic E-state index is 12.2. The minimum Gasteiger partial charge on any atom is -0.469 e.